The molecule has 4 atom stereocenters. The predicted molar refractivity (Wildman–Crippen MR) is 153 cm³/mol. The van der Waals surface area contributed by atoms with Crippen molar-refractivity contribution in [3.05, 3.63) is 64.0 Å². The van der Waals surface area contributed by atoms with Crippen LogP contribution in [0.1, 0.15) is 30.5 Å². The molecule has 3 aromatic rings. The number of aliphatic hydroxyl groups excluding tert-OH is 1. The smallest absolute Gasteiger partial charge is 0.244 e. The van der Waals surface area contributed by atoms with E-state index in [1.54, 1.807) is 12.1 Å². The third kappa shape index (κ3) is 6.49. The number of carbonyl (C=O) groups excluding carboxylic acids is 1. The normalized spacial score (nSPS) is 21.1. The number of alkyl halides is 1. The second-order valence-corrected chi connectivity index (χ2v) is 12.8. The van der Waals surface area contributed by atoms with Gasteiger partial charge in [0.1, 0.15) is 18.0 Å². The number of halogens is 3. The summed E-state index contributed by atoms with van der Waals surface area (Å²) in [5.41, 5.74) is 1.40. The monoisotopic (exact) mass is 683 g/mol. The summed E-state index contributed by atoms with van der Waals surface area (Å²) in [6.07, 6.45) is 0.700. The lowest BCUT2D eigenvalue weighted by Gasteiger charge is -2.26. The van der Waals surface area contributed by atoms with Gasteiger partial charge >= 0.3 is 0 Å². The fraction of sp³-hybridized carbons (Fsp3) is 0.370. The van der Waals surface area contributed by atoms with Gasteiger partial charge < -0.3 is 25.4 Å². The minimum absolute atomic E-state index is 0.00787. The molecule has 16 heteroatoms. The fourth-order valence-electron chi connectivity index (χ4n) is 4.96. The molecule has 0 aliphatic carbocycles. The number of nitrogens with one attached hydrogen (secondary N) is 2. The van der Waals surface area contributed by atoms with Crippen LogP contribution in [-0.4, -0.2) is 77.0 Å². The van der Waals surface area contributed by atoms with Crippen LogP contribution in [0.3, 0.4) is 0 Å². The van der Waals surface area contributed by atoms with Crippen LogP contribution in [0.2, 0.25) is 0 Å². The number of benzene rings is 2. The molecule has 2 aliphatic heterocycles. The molecule has 4 N–H and O–H groups in total. The van der Waals surface area contributed by atoms with Gasteiger partial charge in [-0.05, 0) is 58.6 Å². The molecule has 1 fully saturated rings. The molecule has 12 nitrogen and oxygen atoms in total. The summed E-state index contributed by atoms with van der Waals surface area (Å²) in [5.74, 6) is -1.57. The minimum Gasteiger partial charge on any atom is -0.394 e. The molecule has 3 heterocycles. The Kier molecular flexibility index (Phi) is 9.24. The number of aliphatic hydroxyl groups is 1. The van der Waals surface area contributed by atoms with E-state index in [4.69, 9.17) is 9.99 Å². The summed E-state index contributed by atoms with van der Waals surface area (Å²) in [7, 11) is -4.14. The molecule has 2 aliphatic rings. The Morgan fingerprint density at radius 3 is 2.81 bits per heavy atom. The van der Waals surface area contributed by atoms with E-state index in [-0.39, 0.29) is 35.3 Å². The Bertz CT molecular complexity index is 1630. The van der Waals surface area contributed by atoms with Crippen molar-refractivity contribution in [1.82, 2.24) is 19.6 Å². The van der Waals surface area contributed by atoms with Crippen molar-refractivity contribution in [3.63, 3.8) is 0 Å². The number of rotatable bonds is 9. The molecule has 1 aromatic heterocycles. The average molecular weight is 685 g/mol. The van der Waals surface area contributed by atoms with Crippen LogP contribution < -0.4 is 15.5 Å². The summed E-state index contributed by atoms with van der Waals surface area (Å²) in [6.45, 7) is 1.06. The number of hydrogen-bond donors (Lipinski definition) is 4. The van der Waals surface area contributed by atoms with Gasteiger partial charge in [-0.1, -0.05) is 12.1 Å². The molecule has 0 bridgehead atoms. The molecule has 1 amide bonds. The molecule has 4 unspecified atom stereocenters. The third-order valence-corrected chi connectivity index (χ3v) is 9.89. The van der Waals surface area contributed by atoms with Crippen molar-refractivity contribution in [2.45, 2.75) is 49.1 Å². The second-order valence-electron chi connectivity index (χ2n) is 10.1. The Labute approximate surface area is 254 Å². The van der Waals surface area contributed by atoms with Gasteiger partial charge in [-0.15, -0.1) is 0 Å². The number of sulfonamides is 1. The Balaban J connectivity index is 1.35. The van der Waals surface area contributed by atoms with Crippen LogP contribution >= 0.6 is 15.9 Å². The summed E-state index contributed by atoms with van der Waals surface area (Å²) in [4.78, 5) is 25.9. The lowest BCUT2D eigenvalue weighted by atomic mass is 10.1. The van der Waals surface area contributed by atoms with Crippen LogP contribution in [0.15, 0.2) is 52.0 Å². The third-order valence-electron chi connectivity index (χ3n) is 7.31. The highest BCUT2D eigenvalue weighted by Crippen LogP contribution is 2.37. The average Bonchev–Trinajstić information content (AvgIpc) is 3.26. The topological polar surface area (TPSA) is 163 Å². The number of ether oxygens (including phenoxy) is 1. The first-order chi connectivity index (χ1) is 20.5. The summed E-state index contributed by atoms with van der Waals surface area (Å²) in [6, 6.07) is 5.13. The quantitative estimate of drug-likeness (QED) is 0.195. The Morgan fingerprint density at radius 2 is 2.09 bits per heavy atom. The van der Waals surface area contributed by atoms with Crippen LogP contribution in [0, 0.1) is 5.82 Å². The number of amides is 1. The van der Waals surface area contributed by atoms with E-state index in [0.29, 0.717) is 34.3 Å². The maximum absolute atomic E-state index is 14.3. The first-order valence-electron chi connectivity index (χ1n) is 13.2. The van der Waals surface area contributed by atoms with Crippen molar-refractivity contribution in [3.8, 4) is 17.0 Å². The molecular formula is C27H28BrF2N5O7S. The van der Waals surface area contributed by atoms with Crippen molar-refractivity contribution in [1.29, 1.82) is 0 Å². The van der Waals surface area contributed by atoms with Crippen LogP contribution in [-0.2, 0) is 26.1 Å². The van der Waals surface area contributed by atoms with Crippen LogP contribution in [0.5, 0.6) is 5.75 Å². The highest BCUT2D eigenvalue weighted by molar-refractivity contribution is 9.10. The number of aromatic nitrogens is 2. The van der Waals surface area contributed by atoms with E-state index in [0.717, 1.165) is 16.4 Å². The zero-order valence-electron chi connectivity index (χ0n) is 22.7. The van der Waals surface area contributed by atoms with Gasteiger partial charge in [0.2, 0.25) is 21.9 Å². The predicted octanol–water partition coefficient (Wildman–Crippen LogP) is 3.18. The molecular weight excluding hydrogens is 656 g/mol. The number of carbonyl (C=O) groups is 1. The number of nitrogens with zero attached hydrogens (tertiary/aromatic N) is 3. The Hall–Kier alpha value is -3.28. The van der Waals surface area contributed by atoms with Crippen molar-refractivity contribution < 1.29 is 42.0 Å². The zero-order chi connectivity index (χ0) is 30.9. The van der Waals surface area contributed by atoms with E-state index in [2.05, 4.69) is 41.4 Å². The van der Waals surface area contributed by atoms with Gasteiger partial charge in [-0.2, -0.15) is 4.31 Å². The largest absolute Gasteiger partial charge is 0.394 e. The lowest BCUT2D eigenvalue weighted by Crippen LogP contribution is -2.46. The molecule has 43 heavy (non-hydrogen) atoms. The lowest BCUT2D eigenvalue weighted by molar-refractivity contribution is -0.137. The molecule has 0 radical (unpaired) electrons. The zero-order valence-corrected chi connectivity index (χ0v) is 25.1. The molecule has 5 rings (SSSR count). The Morgan fingerprint density at radius 1 is 1.30 bits per heavy atom. The summed E-state index contributed by atoms with van der Waals surface area (Å²) in [5, 5.41) is 24.2. The summed E-state index contributed by atoms with van der Waals surface area (Å²) < 4.78 is 62.0. The standard InChI is InChI=1S/C27H28BrF2N5O7S/c1-14(26(37)32-23(12-36)17-6-18(29)9-19(7-17)42-38)35-11-16-3-2-15(8-24(16)43(35,39)40)25-20(28)10-31-27(34-25)33-22-4-5-41-13-21(22)30/h2-3,6-10,14,21-23,36,38H,4-5,11-13H2,1H3,(H,32,37)(H,31,33,34). The molecule has 2 aromatic carbocycles. The maximum atomic E-state index is 14.3. The van der Waals surface area contributed by atoms with Gasteiger partial charge in [0, 0.05) is 31.0 Å². The van der Waals surface area contributed by atoms with Crippen LogP contribution in [0.25, 0.3) is 11.3 Å². The number of fused-ring (bicyclic) bond motifs is 1. The maximum Gasteiger partial charge on any atom is 0.244 e. The van der Waals surface area contributed by atoms with Gasteiger partial charge in [0.15, 0.2) is 5.75 Å². The molecule has 0 spiro atoms. The van der Waals surface area contributed by atoms with E-state index >= 15 is 0 Å². The molecule has 1 saturated heterocycles. The van der Waals surface area contributed by atoms with Gasteiger partial charge in [-0.3, -0.25) is 4.79 Å². The molecule has 0 saturated carbocycles. The summed E-state index contributed by atoms with van der Waals surface area (Å²) >= 11 is 3.40. The van der Waals surface area contributed by atoms with Crippen molar-refractivity contribution in [2.75, 3.05) is 25.1 Å². The van der Waals surface area contributed by atoms with E-state index in [1.165, 1.54) is 25.3 Å². The molecule has 230 valence electrons. The first kappa shape index (κ1) is 31.2. The van der Waals surface area contributed by atoms with Crippen LogP contribution in [0.4, 0.5) is 14.7 Å². The fourth-order valence-corrected chi connectivity index (χ4v) is 7.20. The second kappa shape index (κ2) is 12.8. The van der Waals surface area contributed by atoms with E-state index in [9.17, 15) is 27.1 Å². The van der Waals surface area contributed by atoms with Crippen molar-refractivity contribution >= 4 is 37.8 Å². The van der Waals surface area contributed by atoms with Crippen molar-refractivity contribution in [2.24, 2.45) is 0 Å². The van der Waals surface area contributed by atoms with E-state index < -0.39 is 52.7 Å². The number of hydrogen-bond acceptors (Lipinski definition) is 10. The SMILES string of the molecule is CC(C(=O)NC(CO)c1cc(F)cc(OO)c1)N1Cc2ccc(-c3nc(NC4CCOCC4F)ncc3Br)cc2S1(=O)=O. The van der Waals surface area contributed by atoms with Gasteiger partial charge in [0.05, 0.1) is 40.4 Å². The van der Waals surface area contributed by atoms with Gasteiger partial charge in [0.25, 0.3) is 0 Å². The minimum atomic E-state index is -4.14. The van der Waals surface area contributed by atoms with E-state index in [1.807, 2.05) is 0 Å². The highest BCUT2D eigenvalue weighted by atomic mass is 79.9. The van der Waals surface area contributed by atoms with Gasteiger partial charge in [-0.25, -0.2) is 32.4 Å². The number of anilines is 1. The first-order valence-corrected chi connectivity index (χ1v) is 15.4. The highest BCUT2D eigenvalue weighted by Gasteiger charge is 2.41.